The van der Waals surface area contributed by atoms with E-state index in [9.17, 15) is 13.2 Å². The van der Waals surface area contributed by atoms with Crippen LogP contribution in [0.3, 0.4) is 0 Å². The molecule has 1 aromatic heterocycles. The van der Waals surface area contributed by atoms with E-state index >= 15 is 0 Å². The largest absolute Gasteiger partial charge is 0.433 e. The molecule has 0 aliphatic rings. The Bertz CT molecular complexity index is 728. The molecule has 2 nitrogen and oxygen atoms in total. The molecule has 0 radical (unpaired) electrons. The van der Waals surface area contributed by atoms with E-state index in [4.69, 9.17) is 40.1 Å². The van der Waals surface area contributed by atoms with E-state index in [2.05, 4.69) is 4.98 Å². The van der Waals surface area contributed by atoms with E-state index in [1.165, 1.54) is 12.1 Å². The summed E-state index contributed by atoms with van der Waals surface area (Å²) in [5.74, 6) is 0. The highest BCUT2D eigenvalue weighted by Gasteiger charge is 2.33. The first-order valence-corrected chi connectivity index (χ1v) is 6.50. The van der Waals surface area contributed by atoms with Gasteiger partial charge in [-0.2, -0.15) is 18.4 Å². The van der Waals surface area contributed by atoms with Gasteiger partial charge in [0.2, 0.25) is 0 Å². The molecular formula is C13H4Cl3F3N2. The number of nitriles is 1. The first-order valence-electron chi connectivity index (χ1n) is 5.37. The van der Waals surface area contributed by atoms with Gasteiger partial charge in [0, 0.05) is 5.56 Å². The molecule has 8 heteroatoms. The second-order valence-corrected chi connectivity index (χ2v) is 5.15. The summed E-state index contributed by atoms with van der Waals surface area (Å²) in [4.78, 5) is 3.49. The number of alkyl halides is 3. The van der Waals surface area contributed by atoms with Gasteiger partial charge < -0.3 is 0 Å². The predicted molar refractivity (Wildman–Crippen MR) is 74.4 cm³/mol. The van der Waals surface area contributed by atoms with Crippen molar-refractivity contribution in [3.63, 3.8) is 0 Å². The highest BCUT2D eigenvalue weighted by molar-refractivity contribution is 6.48. The minimum Gasteiger partial charge on any atom is -0.242 e. The van der Waals surface area contributed by atoms with E-state index in [-0.39, 0.29) is 31.9 Å². The van der Waals surface area contributed by atoms with Gasteiger partial charge in [-0.3, -0.25) is 0 Å². The van der Waals surface area contributed by atoms with E-state index in [0.717, 1.165) is 12.1 Å². The van der Waals surface area contributed by atoms with Crippen LogP contribution in [0.15, 0.2) is 24.3 Å². The van der Waals surface area contributed by atoms with Crippen molar-refractivity contribution in [3.8, 4) is 17.3 Å². The zero-order chi connectivity index (χ0) is 15.8. The van der Waals surface area contributed by atoms with Crippen LogP contribution < -0.4 is 0 Å². The number of benzene rings is 1. The summed E-state index contributed by atoms with van der Waals surface area (Å²) in [7, 11) is 0. The quantitative estimate of drug-likeness (QED) is 0.627. The van der Waals surface area contributed by atoms with Crippen molar-refractivity contribution in [3.05, 3.63) is 50.6 Å². The summed E-state index contributed by atoms with van der Waals surface area (Å²) in [6.07, 6.45) is -4.62. The van der Waals surface area contributed by atoms with Crippen molar-refractivity contribution in [2.45, 2.75) is 6.18 Å². The Kier molecular flexibility index (Phi) is 4.33. The summed E-state index contributed by atoms with van der Waals surface area (Å²) >= 11 is 17.5. The Morgan fingerprint density at radius 2 is 1.62 bits per heavy atom. The maximum absolute atomic E-state index is 12.7. The minimum absolute atomic E-state index is 0.0301. The maximum Gasteiger partial charge on any atom is 0.433 e. The lowest BCUT2D eigenvalue weighted by molar-refractivity contribution is -0.141. The summed E-state index contributed by atoms with van der Waals surface area (Å²) < 4.78 is 38.2. The Hall–Kier alpha value is -1.48. The van der Waals surface area contributed by atoms with Crippen LogP contribution in [0.25, 0.3) is 11.3 Å². The molecule has 0 unspecified atom stereocenters. The van der Waals surface area contributed by atoms with Crippen molar-refractivity contribution >= 4 is 34.8 Å². The monoisotopic (exact) mass is 350 g/mol. The van der Waals surface area contributed by atoms with Crippen molar-refractivity contribution in [1.29, 1.82) is 5.26 Å². The Morgan fingerprint density at radius 3 is 2.10 bits per heavy atom. The molecule has 0 atom stereocenters. The van der Waals surface area contributed by atoms with Gasteiger partial charge in [-0.25, -0.2) is 4.98 Å². The molecule has 2 rings (SSSR count). The molecule has 21 heavy (non-hydrogen) atoms. The summed E-state index contributed by atoms with van der Waals surface area (Å²) in [5.41, 5.74) is -1.12. The van der Waals surface area contributed by atoms with Gasteiger partial charge in [-0.1, -0.05) is 34.8 Å². The molecule has 0 fully saturated rings. The van der Waals surface area contributed by atoms with Crippen LogP contribution in [0.4, 0.5) is 13.2 Å². The molecule has 1 aromatic carbocycles. The molecule has 0 amide bonds. The topological polar surface area (TPSA) is 36.7 Å². The predicted octanol–water partition coefficient (Wildman–Crippen LogP) is 5.60. The molecular weight excluding hydrogens is 348 g/mol. The smallest absolute Gasteiger partial charge is 0.242 e. The van der Waals surface area contributed by atoms with E-state index in [1.54, 1.807) is 6.07 Å². The number of rotatable bonds is 1. The van der Waals surface area contributed by atoms with Crippen LogP contribution in [0.5, 0.6) is 0 Å². The molecule has 0 aliphatic carbocycles. The van der Waals surface area contributed by atoms with Gasteiger partial charge in [-0.15, -0.1) is 0 Å². The fourth-order valence-electron chi connectivity index (χ4n) is 1.62. The van der Waals surface area contributed by atoms with Crippen molar-refractivity contribution in [2.24, 2.45) is 0 Å². The summed E-state index contributed by atoms with van der Waals surface area (Å²) in [6, 6.07) is 6.17. The van der Waals surface area contributed by atoms with E-state index in [1.807, 2.05) is 0 Å². The maximum atomic E-state index is 12.7. The molecule has 0 saturated carbocycles. The SMILES string of the molecule is N#Cc1ccc(C(F)(F)F)nc1-c1cc(Cl)c(Cl)c(Cl)c1. The number of aromatic nitrogens is 1. The van der Waals surface area contributed by atoms with Crippen molar-refractivity contribution in [1.82, 2.24) is 4.98 Å². The summed E-state index contributed by atoms with van der Waals surface area (Å²) in [6.45, 7) is 0. The first kappa shape index (κ1) is 15.9. The van der Waals surface area contributed by atoms with Gasteiger partial charge in [0.05, 0.1) is 26.3 Å². The average molecular weight is 352 g/mol. The second kappa shape index (κ2) is 5.72. The number of nitrogens with zero attached hydrogens (tertiary/aromatic N) is 2. The molecule has 0 aliphatic heterocycles. The fourth-order valence-corrected chi connectivity index (χ4v) is 2.22. The number of hydrogen-bond donors (Lipinski definition) is 0. The second-order valence-electron chi connectivity index (χ2n) is 3.96. The average Bonchev–Trinajstić information content (AvgIpc) is 2.42. The Morgan fingerprint density at radius 1 is 1.05 bits per heavy atom. The lowest BCUT2D eigenvalue weighted by Crippen LogP contribution is -2.09. The minimum atomic E-state index is -4.62. The third kappa shape index (κ3) is 3.24. The molecule has 0 N–H and O–H groups in total. The molecule has 0 bridgehead atoms. The highest BCUT2D eigenvalue weighted by Crippen LogP contribution is 2.36. The van der Waals surface area contributed by atoms with E-state index < -0.39 is 11.9 Å². The number of hydrogen-bond acceptors (Lipinski definition) is 2. The zero-order valence-electron chi connectivity index (χ0n) is 9.97. The van der Waals surface area contributed by atoms with Crippen LogP contribution in [0, 0.1) is 11.3 Å². The number of pyridine rings is 1. The van der Waals surface area contributed by atoms with Crippen LogP contribution in [0.1, 0.15) is 11.3 Å². The Labute approximate surface area is 132 Å². The van der Waals surface area contributed by atoms with Gasteiger partial charge in [0.25, 0.3) is 0 Å². The highest BCUT2D eigenvalue weighted by atomic mass is 35.5. The lowest BCUT2D eigenvalue weighted by Gasteiger charge is -2.10. The third-order valence-electron chi connectivity index (χ3n) is 2.56. The van der Waals surface area contributed by atoms with Crippen LogP contribution in [-0.2, 0) is 6.18 Å². The molecule has 0 saturated heterocycles. The van der Waals surface area contributed by atoms with Crippen LogP contribution in [0.2, 0.25) is 15.1 Å². The molecule has 0 spiro atoms. The van der Waals surface area contributed by atoms with Gasteiger partial charge >= 0.3 is 6.18 Å². The van der Waals surface area contributed by atoms with Crippen LogP contribution in [-0.4, -0.2) is 4.98 Å². The van der Waals surface area contributed by atoms with Gasteiger partial charge in [-0.05, 0) is 24.3 Å². The van der Waals surface area contributed by atoms with Crippen LogP contribution >= 0.6 is 34.8 Å². The normalized spacial score (nSPS) is 11.3. The zero-order valence-corrected chi connectivity index (χ0v) is 12.2. The van der Waals surface area contributed by atoms with E-state index in [0.29, 0.717) is 0 Å². The fraction of sp³-hybridized carbons (Fsp3) is 0.0769. The third-order valence-corrected chi connectivity index (χ3v) is 3.76. The number of halogens is 6. The summed E-state index contributed by atoms with van der Waals surface area (Å²) in [5, 5.41) is 9.20. The molecule has 108 valence electrons. The van der Waals surface area contributed by atoms with Gasteiger partial charge in [0.15, 0.2) is 0 Å². The van der Waals surface area contributed by atoms with Crippen molar-refractivity contribution in [2.75, 3.05) is 0 Å². The van der Waals surface area contributed by atoms with Crippen molar-refractivity contribution < 1.29 is 13.2 Å². The standard InChI is InChI=1S/C13H4Cl3F3N2/c14-8-3-7(4-9(15)11(8)16)12-6(5-20)1-2-10(21-12)13(17,18)19/h1-4H. The lowest BCUT2D eigenvalue weighted by atomic mass is 10.1. The first-order chi connectivity index (χ1) is 9.74. The Balaban J connectivity index is 2.70. The van der Waals surface area contributed by atoms with Gasteiger partial charge in [0.1, 0.15) is 11.8 Å². The molecule has 2 aromatic rings. The molecule has 1 heterocycles.